The highest BCUT2D eigenvalue weighted by Gasteiger charge is 2.20. The minimum Gasteiger partial charge on any atom is -0.436 e. The van der Waals surface area contributed by atoms with Crippen LogP contribution in [-0.2, 0) is 0 Å². The minimum atomic E-state index is -0.0213. The second kappa shape index (κ2) is 10.9. The van der Waals surface area contributed by atoms with Crippen LogP contribution in [0.1, 0.15) is 21.5 Å². The van der Waals surface area contributed by atoms with E-state index in [1.165, 1.54) is 32.6 Å². The molecule has 0 fully saturated rings. The van der Waals surface area contributed by atoms with E-state index in [0.29, 0.717) is 28.1 Å². The lowest BCUT2D eigenvalue weighted by Crippen LogP contribution is -2.03. The van der Waals surface area contributed by atoms with Crippen LogP contribution in [0.5, 0.6) is 0 Å². The summed E-state index contributed by atoms with van der Waals surface area (Å²) in [5.74, 6) is 0.500. The second-order valence-electron chi connectivity index (χ2n) is 12.8. The van der Waals surface area contributed by atoms with Crippen molar-refractivity contribution < 1.29 is 9.21 Å². The van der Waals surface area contributed by atoms with Crippen LogP contribution in [0.15, 0.2) is 162 Å². The first-order valence-electron chi connectivity index (χ1n) is 16.8. The molecule has 0 aliphatic carbocycles. The van der Waals surface area contributed by atoms with E-state index in [0.717, 1.165) is 33.5 Å². The van der Waals surface area contributed by atoms with Crippen molar-refractivity contribution in [3.63, 3.8) is 0 Å². The van der Waals surface area contributed by atoms with Crippen LogP contribution >= 0.6 is 0 Å². The molecule has 3 aromatic heterocycles. The first kappa shape index (κ1) is 28.3. The molecular formula is C45H29N3O2. The summed E-state index contributed by atoms with van der Waals surface area (Å²) in [6, 6.07) is 54.0. The van der Waals surface area contributed by atoms with Crippen molar-refractivity contribution in [1.82, 2.24) is 14.1 Å². The van der Waals surface area contributed by atoms with E-state index in [2.05, 4.69) is 124 Å². The molecule has 0 radical (unpaired) electrons. The topological polar surface area (TPSA) is 53.0 Å². The monoisotopic (exact) mass is 643 g/mol. The number of oxazole rings is 1. The van der Waals surface area contributed by atoms with Gasteiger partial charge in [-0.15, -0.1) is 0 Å². The van der Waals surface area contributed by atoms with Crippen LogP contribution in [0.3, 0.4) is 0 Å². The van der Waals surface area contributed by atoms with E-state index in [4.69, 9.17) is 9.40 Å². The van der Waals surface area contributed by atoms with E-state index in [1.807, 2.05) is 49.4 Å². The number of rotatable bonds is 5. The lowest BCUT2D eigenvalue weighted by Gasteiger charge is -2.09. The summed E-state index contributed by atoms with van der Waals surface area (Å²) in [6.07, 6.45) is 0. The van der Waals surface area contributed by atoms with Gasteiger partial charge in [-0.3, -0.25) is 4.79 Å². The molecule has 0 atom stereocenters. The normalized spacial score (nSPS) is 11.8. The second-order valence-corrected chi connectivity index (χ2v) is 12.8. The summed E-state index contributed by atoms with van der Waals surface area (Å²) in [6.45, 7) is 1.94. The van der Waals surface area contributed by atoms with Gasteiger partial charge in [0.2, 0.25) is 5.89 Å². The number of carbonyl (C=O) groups excluding carboxylic acids is 1. The molecule has 0 amide bonds. The van der Waals surface area contributed by atoms with E-state index in [-0.39, 0.29) is 5.78 Å². The van der Waals surface area contributed by atoms with Gasteiger partial charge in [-0.1, -0.05) is 84.9 Å². The van der Waals surface area contributed by atoms with Crippen molar-refractivity contribution >= 4 is 60.5 Å². The zero-order chi connectivity index (χ0) is 33.3. The smallest absolute Gasteiger partial charge is 0.227 e. The van der Waals surface area contributed by atoms with E-state index < -0.39 is 0 Å². The number of aromatic nitrogens is 3. The summed E-state index contributed by atoms with van der Waals surface area (Å²) in [4.78, 5) is 18.1. The lowest BCUT2D eigenvalue weighted by atomic mass is 9.99. The van der Waals surface area contributed by atoms with Gasteiger partial charge in [-0.25, -0.2) is 4.98 Å². The van der Waals surface area contributed by atoms with Crippen LogP contribution < -0.4 is 0 Å². The van der Waals surface area contributed by atoms with E-state index in [9.17, 15) is 4.79 Å². The molecule has 0 saturated heterocycles. The maximum Gasteiger partial charge on any atom is 0.227 e. The molecule has 5 nitrogen and oxygen atoms in total. The Morgan fingerprint density at radius 1 is 0.540 bits per heavy atom. The molecule has 0 unspecified atom stereocenters. The molecule has 236 valence electrons. The van der Waals surface area contributed by atoms with Gasteiger partial charge in [-0.2, -0.15) is 0 Å². The fraction of sp³-hybridized carbons (Fsp3) is 0.0222. The summed E-state index contributed by atoms with van der Waals surface area (Å²) in [7, 11) is 0. The third kappa shape index (κ3) is 4.27. The van der Waals surface area contributed by atoms with Gasteiger partial charge < -0.3 is 13.6 Å². The SMILES string of the molecule is Cc1cc2oc(-c3ccc(-n4c5ccccc5c5cc6c(cc54)c4ccccc4n6-c4ccccc4)cc3)nc2cc1C(=O)c1ccccc1. The van der Waals surface area contributed by atoms with Crippen LogP contribution in [0.4, 0.5) is 0 Å². The molecular weight excluding hydrogens is 615 g/mol. The Morgan fingerprint density at radius 2 is 1.08 bits per heavy atom. The van der Waals surface area contributed by atoms with Gasteiger partial charge in [0.05, 0.1) is 22.1 Å². The highest BCUT2D eigenvalue weighted by molar-refractivity contribution is 6.19. The molecule has 0 saturated carbocycles. The Hall–Kier alpha value is -6.72. The largest absolute Gasteiger partial charge is 0.436 e. The van der Waals surface area contributed by atoms with Gasteiger partial charge in [0.1, 0.15) is 5.52 Å². The van der Waals surface area contributed by atoms with Crippen LogP contribution in [0, 0.1) is 6.92 Å². The number of benzene rings is 7. The molecule has 0 spiro atoms. The van der Waals surface area contributed by atoms with Gasteiger partial charge in [0, 0.05) is 49.6 Å². The number of para-hydroxylation sites is 3. The molecule has 0 bridgehead atoms. The van der Waals surface area contributed by atoms with Crippen LogP contribution in [-0.4, -0.2) is 19.9 Å². The Bertz CT molecular complexity index is 2930. The standard InChI is InChI=1S/C45H29N3O2/c1-28-24-43-38(25-35(28)44(49)29-12-4-2-5-13-29)46-45(50-43)30-20-22-32(23-21-30)48-40-19-11-9-17-34(40)37-26-41-36(27-42(37)48)33-16-8-10-18-39(33)47(41)31-14-6-3-7-15-31/h2-27H,1H3. The van der Waals surface area contributed by atoms with Crippen molar-refractivity contribution in [3.05, 3.63) is 174 Å². The van der Waals surface area contributed by atoms with Gasteiger partial charge in [-0.05, 0) is 85.3 Å². The summed E-state index contributed by atoms with van der Waals surface area (Å²) in [5, 5.41) is 4.84. The van der Waals surface area contributed by atoms with Crippen molar-refractivity contribution in [2.24, 2.45) is 0 Å². The highest BCUT2D eigenvalue weighted by Crippen LogP contribution is 2.40. The summed E-state index contributed by atoms with van der Waals surface area (Å²) in [5.41, 5.74) is 11.2. The average Bonchev–Trinajstić information content (AvgIpc) is 3.83. The Labute approximate surface area is 287 Å². The first-order chi connectivity index (χ1) is 24.6. The minimum absolute atomic E-state index is 0.0213. The number of hydrogen-bond donors (Lipinski definition) is 0. The Kier molecular flexibility index (Phi) is 6.17. The van der Waals surface area contributed by atoms with Crippen molar-refractivity contribution in [3.8, 4) is 22.8 Å². The first-order valence-corrected chi connectivity index (χ1v) is 16.8. The number of nitrogens with zero attached hydrogens (tertiary/aromatic N) is 3. The molecule has 0 aliphatic heterocycles. The highest BCUT2D eigenvalue weighted by atomic mass is 16.3. The summed E-state index contributed by atoms with van der Waals surface area (Å²) < 4.78 is 11.0. The van der Waals surface area contributed by atoms with Crippen LogP contribution in [0.2, 0.25) is 0 Å². The molecule has 50 heavy (non-hydrogen) atoms. The van der Waals surface area contributed by atoms with E-state index >= 15 is 0 Å². The molecule has 7 aromatic carbocycles. The molecule has 5 heteroatoms. The fourth-order valence-corrected chi connectivity index (χ4v) is 7.51. The van der Waals surface area contributed by atoms with Gasteiger partial charge in [0.25, 0.3) is 0 Å². The lowest BCUT2D eigenvalue weighted by molar-refractivity contribution is 0.103. The fourth-order valence-electron chi connectivity index (χ4n) is 7.51. The predicted molar refractivity (Wildman–Crippen MR) is 203 cm³/mol. The Morgan fingerprint density at radius 3 is 1.70 bits per heavy atom. The number of ketones is 1. The molecule has 3 heterocycles. The van der Waals surface area contributed by atoms with Crippen molar-refractivity contribution in [2.75, 3.05) is 0 Å². The third-order valence-corrected chi connectivity index (χ3v) is 9.87. The maximum absolute atomic E-state index is 13.3. The molecule has 0 N–H and O–H groups in total. The number of carbonyl (C=O) groups is 1. The van der Waals surface area contributed by atoms with Crippen molar-refractivity contribution in [2.45, 2.75) is 6.92 Å². The molecule has 10 aromatic rings. The third-order valence-electron chi connectivity index (χ3n) is 9.87. The summed E-state index contributed by atoms with van der Waals surface area (Å²) >= 11 is 0. The average molecular weight is 644 g/mol. The number of fused-ring (bicyclic) bond motifs is 7. The van der Waals surface area contributed by atoms with Gasteiger partial charge >= 0.3 is 0 Å². The zero-order valence-electron chi connectivity index (χ0n) is 27.2. The number of aryl methyl sites for hydroxylation is 1. The molecule has 0 aliphatic rings. The quantitative estimate of drug-likeness (QED) is 0.175. The van der Waals surface area contributed by atoms with Gasteiger partial charge in [0.15, 0.2) is 11.4 Å². The van der Waals surface area contributed by atoms with Crippen molar-refractivity contribution in [1.29, 1.82) is 0 Å². The predicted octanol–water partition coefficient (Wildman–Crippen LogP) is 11.2. The molecule has 10 rings (SSSR count). The van der Waals surface area contributed by atoms with E-state index in [1.54, 1.807) is 0 Å². The van der Waals surface area contributed by atoms with Crippen LogP contribution in [0.25, 0.3) is 77.5 Å². The maximum atomic E-state index is 13.3. The number of hydrogen-bond acceptors (Lipinski definition) is 3. The zero-order valence-corrected chi connectivity index (χ0v) is 27.2. The Balaban J connectivity index is 1.10.